The molecule has 1 heterocycles. The Bertz CT molecular complexity index is 436. The Hall–Kier alpha value is -1.59. The van der Waals surface area contributed by atoms with Crippen molar-refractivity contribution in [3.8, 4) is 5.75 Å². The van der Waals surface area contributed by atoms with Crippen LogP contribution >= 0.6 is 0 Å². The lowest BCUT2D eigenvalue weighted by Crippen LogP contribution is -2.27. The summed E-state index contributed by atoms with van der Waals surface area (Å²) in [5.74, 6) is 0.601. The lowest BCUT2D eigenvalue weighted by Gasteiger charge is -2.12. The number of carbonyl (C=O) groups excluding carboxylic acids is 1. The first-order chi connectivity index (χ1) is 9.19. The van der Waals surface area contributed by atoms with Crippen molar-refractivity contribution in [1.29, 1.82) is 0 Å². The smallest absolute Gasteiger partial charge is 0.253 e. The fourth-order valence-corrected chi connectivity index (χ4v) is 2.06. The first-order valence-corrected chi connectivity index (χ1v) is 6.58. The van der Waals surface area contributed by atoms with Gasteiger partial charge < -0.3 is 20.5 Å². The van der Waals surface area contributed by atoms with Crippen LogP contribution in [-0.2, 0) is 9.53 Å². The summed E-state index contributed by atoms with van der Waals surface area (Å²) >= 11 is 0. The third kappa shape index (κ3) is 3.94. The summed E-state index contributed by atoms with van der Waals surface area (Å²) in [5, 5.41) is 2.85. The molecular weight excluding hydrogens is 244 g/mol. The van der Waals surface area contributed by atoms with E-state index in [1.807, 2.05) is 25.1 Å². The molecule has 0 radical (unpaired) electrons. The summed E-state index contributed by atoms with van der Waals surface area (Å²) in [7, 11) is 0. The summed E-state index contributed by atoms with van der Waals surface area (Å²) in [6.45, 7) is 2.90. The van der Waals surface area contributed by atoms with Gasteiger partial charge in [-0.2, -0.15) is 0 Å². The number of ether oxygens (including phenoxy) is 2. The normalized spacial score (nSPS) is 22.2. The number of amides is 1. The lowest BCUT2D eigenvalue weighted by molar-refractivity contribution is -0.126. The summed E-state index contributed by atoms with van der Waals surface area (Å²) in [4.78, 5) is 12.0. The minimum absolute atomic E-state index is 0.0969. The lowest BCUT2D eigenvalue weighted by atomic mass is 10.2. The van der Waals surface area contributed by atoms with Crippen LogP contribution in [-0.4, -0.2) is 31.3 Å². The van der Waals surface area contributed by atoms with Crippen LogP contribution in [0.15, 0.2) is 24.3 Å². The number of benzene rings is 1. The van der Waals surface area contributed by atoms with Gasteiger partial charge in [-0.05, 0) is 31.9 Å². The average Bonchev–Trinajstić information content (AvgIpc) is 2.83. The maximum atomic E-state index is 12.0. The van der Waals surface area contributed by atoms with Gasteiger partial charge in [-0.15, -0.1) is 0 Å². The molecule has 3 N–H and O–H groups in total. The molecule has 5 heteroatoms. The van der Waals surface area contributed by atoms with Crippen molar-refractivity contribution >= 4 is 11.6 Å². The van der Waals surface area contributed by atoms with E-state index in [-0.39, 0.29) is 18.1 Å². The van der Waals surface area contributed by atoms with Crippen molar-refractivity contribution in [2.75, 3.05) is 18.5 Å². The molecule has 0 spiro atoms. The fourth-order valence-electron chi connectivity index (χ4n) is 2.06. The number of nitrogens with one attached hydrogen (secondary N) is 1. The Kier molecular flexibility index (Phi) is 4.76. The Labute approximate surface area is 113 Å². The van der Waals surface area contributed by atoms with E-state index in [0.29, 0.717) is 24.6 Å². The van der Waals surface area contributed by atoms with Gasteiger partial charge in [0.25, 0.3) is 5.91 Å². The number of nitrogens with two attached hydrogens (primary N) is 1. The average molecular weight is 264 g/mol. The molecular formula is C14H20N2O3. The molecule has 19 heavy (non-hydrogen) atoms. The van der Waals surface area contributed by atoms with Crippen molar-refractivity contribution in [3.05, 3.63) is 24.3 Å². The SMILES string of the molecule is CC1CCC(C(=O)Nc2cccc(OCCN)c2)O1. The molecule has 1 aliphatic rings. The second-order valence-corrected chi connectivity index (χ2v) is 4.67. The molecule has 1 fully saturated rings. The van der Waals surface area contributed by atoms with Gasteiger partial charge in [0.2, 0.25) is 0 Å². The standard InChI is InChI=1S/C14H20N2O3/c1-10-5-6-13(19-10)14(17)16-11-3-2-4-12(9-11)18-8-7-15/h2-4,9-10,13H,5-8,15H2,1H3,(H,16,17). The highest BCUT2D eigenvalue weighted by Crippen LogP contribution is 2.22. The van der Waals surface area contributed by atoms with E-state index in [4.69, 9.17) is 15.2 Å². The number of carbonyl (C=O) groups is 1. The summed E-state index contributed by atoms with van der Waals surface area (Å²) < 4.78 is 10.9. The van der Waals surface area contributed by atoms with Gasteiger partial charge in [-0.3, -0.25) is 4.79 Å². The van der Waals surface area contributed by atoms with E-state index in [1.54, 1.807) is 6.07 Å². The van der Waals surface area contributed by atoms with Crippen molar-refractivity contribution in [2.24, 2.45) is 5.73 Å². The molecule has 0 aliphatic carbocycles. The van der Waals surface area contributed by atoms with E-state index < -0.39 is 0 Å². The van der Waals surface area contributed by atoms with E-state index in [0.717, 1.165) is 12.8 Å². The first-order valence-electron chi connectivity index (χ1n) is 6.58. The first kappa shape index (κ1) is 13.8. The molecule has 2 atom stereocenters. The number of rotatable bonds is 5. The summed E-state index contributed by atoms with van der Waals surface area (Å²) in [6.07, 6.45) is 1.52. The molecule has 104 valence electrons. The Balaban J connectivity index is 1.93. The molecule has 5 nitrogen and oxygen atoms in total. The molecule has 1 aromatic rings. The van der Waals surface area contributed by atoms with Gasteiger partial charge in [0.15, 0.2) is 0 Å². The zero-order chi connectivity index (χ0) is 13.7. The molecule has 0 saturated carbocycles. The van der Waals surface area contributed by atoms with Gasteiger partial charge in [-0.25, -0.2) is 0 Å². The monoisotopic (exact) mass is 264 g/mol. The van der Waals surface area contributed by atoms with Crippen LogP contribution in [0.1, 0.15) is 19.8 Å². The second kappa shape index (κ2) is 6.54. The molecule has 1 aliphatic heterocycles. The highest BCUT2D eigenvalue weighted by atomic mass is 16.5. The largest absolute Gasteiger partial charge is 0.492 e. The van der Waals surface area contributed by atoms with Gasteiger partial charge in [0.1, 0.15) is 18.5 Å². The predicted molar refractivity (Wildman–Crippen MR) is 73.2 cm³/mol. The molecule has 1 saturated heterocycles. The number of hydrogen-bond acceptors (Lipinski definition) is 4. The zero-order valence-corrected chi connectivity index (χ0v) is 11.1. The molecule has 0 aromatic heterocycles. The fraction of sp³-hybridized carbons (Fsp3) is 0.500. The zero-order valence-electron chi connectivity index (χ0n) is 11.1. The number of hydrogen-bond donors (Lipinski definition) is 2. The van der Waals surface area contributed by atoms with Crippen molar-refractivity contribution in [3.63, 3.8) is 0 Å². The van der Waals surface area contributed by atoms with Crippen LogP contribution in [0, 0.1) is 0 Å². The van der Waals surface area contributed by atoms with Crippen molar-refractivity contribution in [1.82, 2.24) is 0 Å². The minimum atomic E-state index is -0.344. The van der Waals surface area contributed by atoms with Crippen LogP contribution in [0.2, 0.25) is 0 Å². The van der Waals surface area contributed by atoms with Crippen molar-refractivity contribution < 1.29 is 14.3 Å². The summed E-state index contributed by atoms with van der Waals surface area (Å²) in [5.41, 5.74) is 6.09. The van der Waals surface area contributed by atoms with Crippen molar-refractivity contribution in [2.45, 2.75) is 32.0 Å². The predicted octanol–water partition coefficient (Wildman–Crippen LogP) is 1.53. The van der Waals surface area contributed by atoms with Crippen LogP contribution in [0.4, 0.5) is 5.69 Å². The Morgan fingerprint density at radius 2 is 2.37 bits per heavy atom. The van der Waals surface area contributed by atoms with E-state index in [2.05, 4.69) is 5.32 Å². The molecule has 1 amide bonds. The Morgan fingerprint density at radius 3 is 3.05 bits per heavy atom. The third-order valence-electron chi connectivity index (χ3n) is 3.01. The van der Waals surface area contributed by atoms with Gasteiger partial charge in [-0.1, -0.05) is 6.07 Å². The van der Waals surface area contributed by atoms with Gasteiger partial charge >= 0.3 is 0 Å². The van der Waals surface area contributed by atoms with Crippen LogP contribution in [0.5, 0.6) is 5.75 Å². The second-order valence-electron chi connectivity index (χ2n) is 4.67. The third-order valence-corrected chi connectivity index (χ3v) is 3.01. The van der Waals surface area contributed by atoms with Crippen LogP contribution in [0.25, 0.3) is 0 Å². The van der Waals surface area contributed by atoms with Gasteiger partial charge in [0, 0.05) is 18.3 Å². The molecule has 2 unspecified atom stereocenters. The Morgan fingerprint density at radius 1 is 1.53 bits per heavy atom. The maximum Gasteiger partial charge on any atom is 0.253 e. The molecule has 2 rings (SSSR count). The van der Waals surface area contributed by atoms with E-state index in [9.17, 15) is 4.79 Å². The number of anilines is 1. The minimum Gasteiger partial charge on any atom is -0.492 e. The summed E-state index contributed by atoms with van der Waals surface area (Å²) in [6, 6.07) is 7.27. The topological polar surface area (TPSA) is 73.6 Å². The maximum absolute atomic E-state index is 12.0. The van der Waals surface area contributed by atoms with Gasteiger partial charge in [0.05, 0.1) is 6.10 Å². The van der Waals surface area contributed by atoms with E-state index >= 15 is 0 Å². The molecule has 1 aromatic carbocycles. The highest BCUT2D eigenvalue weighted by molar-refractivity contribution is 5.94. The highest BCUT2D eigenvalue weighted by Gasteiger charge is 2.28. The molecule has 0 bridgehead atoms. The van der Waals surface area contributed by atoms with Crippen LogP contribution in [0.3, 0.4) is 0 Å². The van der Waals surface area contributed by atoms with Crippen LogP contribution < -0.4 is 15.8 Å². The van der Waals surface area contributed by atoms with E-state index in [1.165, 1.54) is 0 Å². The quantitative estimate of drug-likeness (QED) is 0.846.